The maximum Gasteiger partial charge on any atom is 0.410 e. The van der Waals surface area contributed by atoms with Crippen molar-refractivity contribution in [3.63, 3.8) is 0 Å². The SMILES string of the molecule is C=CC(c1cccnc1)S(=O)(=O)n1cc(CN(C(=O)OC)C(C)(C)C)cc1-c1ccsc1. The van der Waals surface area contributed by atoms with Crippen molar-refractivity contribution in [3.8, 4) is 11.3 Å². The Hall–Kier alpha value is -2.91. The molecule has 0 N–H and O–H groups in total. The standard InChI is InChI=1S/C23H27N3O4S2/c1-6-21(18-8-7-10-24-13-18)32(28,29)26-15-17(12-20(26)19-9-11-31-16-19)14-25(22(27)30-5)23(2,3)4/h6-13,15-16,21H,1,14H2,2-5H3. The van der Waals surface area contributed by atoms with Gasteiger partial charge in [0.2, 0.25) is 10.0 Å². The lowest BCUT2D eigenvalue weighted by atomic mass is 10.1. The van der Waals surface area contributed by atoms with Crippen LogP contribution in [0.1, 0.15) is 37.1 Å². The molecule has 0 bridgehead atoms. The van der Waals surface area contributed by atoms with Gasteiger partial charge < -0.3 is 4.74 Å². The molecule has 1 atom stereocenters. The van der Waals surface area contributed by atoms with Crippen molar-refractivity contribution in [2.24, 2.45) is 0 Å². The summed E-state index contributed by atoms with van der Waals surface area (Å²) >= 11 is 1.48. The van der Waals surface area contributed by atoms with E-state index >= 15 is 0 Å². The molecule has 3 rings (SSSR count). The fourth-order valence-electron chi connectivity index (χ4n) is 3.38. The molecule has 0 saturated carbocycles. The van der Waals surface area contributed by atoms with E-state index in [1.54, 1.807) is 35.5 Å². The first-order valence-electron chi connectivity index (χ1n) is 9.96. The number of pyridine rings is 1. The Morgan fingerprint density at radius 1 is 1.38 bits per heavy atom. The molecule has 0 aliphatic heterocycles. The molecule has 1 amide bonds. The Morgan fingerprint density at radius 2 is 2.12 bits per heavy atom. The zero-order valence-electron chi connectivity index (χ0n) is 18.6. The van der Waals surface area contributed by atoms with Gasteiger partial charge in [0.05, 0.1) is 19.3 Å². The Morgan fingerprint density at radius 3 is 2.66 bits per heavy atom. The first kappa shape index (κ1) is 23.7. The van der Waals surface area contributed by atoms with Gasteiger partial charge in [-0.15, -0.1) is 6.58 Å². The van der Waals surface area contributed by atoms with Crippen LogP contribution in [0.25, 0.3) is 11.3 Å². The molecule has 0 aliphatic carbocycles. The maximum absolute atomic E-state index is 13.7. The average Bonchev–Trinajstić information content (AvgIpc) is 3.42. The summed E-state index contributed by atoms with van der Waals surface area (Å²) < 4.78 is 33.7. The minimum absolute atomic E-state index is 0.196. The molecule has 7 nitrogen and oxygen atoms in total. The molecule has 3 heterocycles. The summed E-state index contributed by atoms with van der Waals surface area (Å²) in [6, 6.07) is 7.07. The molecule has 0 aromatic carbocycles. The maximum atomic E-state index is 13.7. The molecule has 0 fully saturated rings. The molecule has 3 aromatic heterocycles. The van der Waals surface area contributed by atoms with E-state index in [0.717, 1.165) is 5.56 Å². The van der Waals surface area contributed by atoms with E-state index in [1.165, 1.54) is 34.7 Å². The molecule has 1 unspecified atom stereocenters. The van der Waals surface area contributed by atoms with E-state index in [0.29, 0.717) is 16.8 Å². The van der Waals surface area contributed by atoms with E-state index in [1.807, 2.05) is 37.6 Å². The van der Waals surface area contributed by atoms with Gasteiger partial charge in [-0.3, -0.25) is 9.88 Å². The molecule has 0 spiro atoms. The van der Waals surface area contributed by atoms with Crippen molar-refractivity contribution in [2.75, 3.05) is 7.11 Å². The van der Waals surface area contributed by atoms with Crippen molar-refractivity contribution >= 4 is 27.5 Å². The van der Waals surface area contributed by atoms with Crippen LogP contribution in [0.5, 0.6) is 0 Å². The number of nitrogens with zero attached hydrogens (tertiary/aromatic N) is 3. The van der Waals surface area contributed by atoms with Crippen LogP contribution in [0, 0.1) is 0 Å². The van der Waals surface area contributed by atoms with E-state index < -0.39 is 26.9 Å². The van der Waals surface area contributed by atoms with Crippen LogP contribution in [-0.4, -0.2) is 41.0 Å². The Kier molecular flexibility index (Phi) is 6.90. The third-order valence-electron chi connectivity index (χ3n) is 5.03. The van der Waals surface area contributed by atoms with Crippen LogP contribution < -0.4 is 0 Å². The number of carbonyl (C=O) groups excluding carboxylic acids is 1. The molecular weight excluding hydrogens is 446 g/mol. The number of amides is 1. The van der Waals surface area contributed by atoms with Crippen LogP contribution in [0.4, 0.5) is 4.79 Å². The highest BCUT2D eigenvalue weighted by molar-refractivity contribution is 7.90. The van der Waals surface area contributed by atoms with Gasteiger partial charge in [0.1, 0.15) is 5.25 Å². The second-order valence-electron chi connectivity index (χ2n) is 8.26. The highest BCUT2D eigenvalue weighted by atomic mass is 32.2. The molecular formula is C23H27N3O4S2. The van der Waals surface area contributed by atoms with Gasteiger partial charge in [-0.05, 0) is 55.5 Å². The number of ether oxygens (including phenoxy) is 1. The lowest BCUT2D eigenvalue weighted by Crippen LogP contribution is -2.44. The van der Waals surface area contributed by atoms with Gasteiger partial charge in [-0.2, -0.15) is 11.3 Å². The third-order valence-corrected chi connectivity index (χ3v) is 7.67. The fourth-order valence-corrected chi connectivity index (χ4v) is 5.71. The predicted octanol–water partition coefficient (Wildman–Crippen LogP) is 5.08. The molecule has 9 heteroatoms. The first-order chi connectivity index (χ1) is 15.1. The third kappa shape index (κ3) is 4.78. The highest BCUT2D eigenvalue weighted by Crippen LogP contribution is 2.33. The van der Waals surface area contributed by atoms with E-state index in [4.69, 9.17) is 4.74 Å². The number of rotatable bonds is 7. The van der Waals surface area contributed by atoms with Gasteiger partial charge in [0, 0.05) is 35.1 Å². The summed E-state index contributed by atoms with van der Waals surface area (Å²) in [7, 11) is -2.58. The van der Waals surface area contributed by atoms with Crippen molar-refractivity contribution in [1.82, 2.24) is 13.9 Å². The minimum atomic E-state index is -3.91. The molecule has 0 aliphatic rings. The highest BCUT2D eigenvalue weighted by Gasteiger charge is 2.32. The second kappa shape index (κ2) is 9.30. The number of methoxy groups -OCH3 is 1. The second-order valence-corrected chi connectivity index (χ2v) is 11.0. The van der Waals surface area contributed by atoms with Crippen LogP contribution in [0.15, 0.2) is 66.3 Å². The molecule has 0 radical (unpaired) electrons. The summed E-state index contributed by atoms with van der Waals surface area (Å²) in [5, 5.41) is 2.80. The van der Waals surface area contributed by atoms with E-state index in [9.17, 15) is 13.2 Å². The fraction of sp³-hybridized carbons (Fsp3) is 0.304. The molecule has 3 aromatic rings. The average molecular weight is 474 g/mol. The summed E-state index contributed by atoms with van der Waals surface area (Å²) in [4.78, 5) is 18.0. The summed E-state index contributed by atoms with van der Waals surface area (Å²) in [6.45, 7) is 9.64. The van der Waals surface area contributed by atoms with E-state index in [2.05, 4.69) is 11.6 Å². The predicted molar refractivity (Wildman–Crippen MR) is 127 cm³/mol. The number of thiophene rings is 1. The van der Waals surface area contributed by atoms with Gasteiger partial charge in [-0.1, -0.05) is 12.1 Å². The van der Waals surface area contributed by atoms with Gasteiger partial charge in [-0.25, -0.2) is 17.2 Å². The lowest BCUT2D eigenvalue weighted by Gasteiger charge is -2.34. The summed E-state index contributed by atoms with van der Waals surface area (Å²) in [5.74, 6) is 0. The van der Waals surface area contributed by atoms with Crippen molar-refractivity contribution in [2.45, 2.75) is 38.1 Å². The van der Waals surface area contributed by atoms with Crippen LogP contribution in [-0.2, 0) is 21.3 Å². The van der Waals surface area contributed by atoms with Crippen LogP contribution in [0.3, 0.4) is 0 Å². The van der Waals surface area contributed by atoms with E-state index in [-0.39, 0.29) is 6.54 Å². The van der Waals surface area contributed by atoms with Crippen LogP contribution >= 0.6 is 11.3 Å². The first-order valence-corrected chi connectivity index (χ1v) is 12.4. The zero-order valence-corrected chi connectivity index (χ0v) is 20.2. The van der Waals surface area contributed by atoms with Gasteiger partial charge >= 0.3 is 6.09 Å². The molecule has 32 heavy (non-hydrogen) atoms. The normalized spacial score (nSPS) is 12.9. The van der Waals surface area contributed by atoms with Crippen LogP contribution in [0.2, 0.25) is 0 Å². The Labute approximate surface area is 193 Å². The summed E-state index contributed by atoms with van der Waals surface area (Å²) in [5.41, 5.74) is 1.98. The van der Waals surface area contributed by atoms with Gasteiger partial charge in [0.25, 0.3) is 0 Å². The smallest absolute Gasteiger partial charge is 0.410 e. The molecule has 0 saturated heterocycles. The lowest BCUT2D eigenvalue weighted by molar-refractivity contribution is 0.0793. The minimum Gasteiger partial charge on any atom is -0.453 e. The van der Waals surface area contributed by atoms with Gasteiger partial charge in [0.15, 0.2) is 0 Å². The number of carbonyl (C=O) groups is 1. The quantitative estimate of drug-likeness (QED) is 0.447. The zero-order chi connectivity index (χ0) is 23.5. The number of hydrogen-bond donors (Lipinski definition) is 0. The van der Waals surface area contributed by atoms with Crippen molar-refractivity contribution in [3.05, 3.63) is 77.4 Å². The number of aromatic nitrogens is 2. The largest absolute Gasteiger partial charge is 0.453 e. The monoisotopic (exact) mass is 473 g/mol. The number of hydrogen-bond acceptors (Lipinski definition) is 6. The summed E-state index contributed by atoms with van der Waals surface area (Å²) in [6.07, 6.45) is 5.60. The van der Waals surface area contributed by atoms with Crippen molar-refractivity contribution in [1.29, 1.82) is 0 Å². The topological polar surface area (TPSA) is 81.5 Å². The van der Waals surface area contributed by atoms with Crippen molar-refractivity contribution < 1.29 is 17.9 Å². The Balaban J connectivity index is 2.12. The Bertz CT molecular complexity index is 1180. The molecule has 170 valence electrons.